The lowest BCUT2D eigenvalue weighted by atomic mass is 10.2. The Morgan fingerprint density at radius 3 is 2.71 bits per heavy atom. The zero-order chi connectivity index (χ0) is 15.6. The fraction of sp³-hybridized carbons (Fsp3) is 0.385. The van der Waals surface area contributed by atoms with E-state index in [-0.39, 0.29) is 23.1 Å². The number of alkyl halides is 3. The molecule has 1 N–H and O–H groups in total. The number of fused-ring (bicyclic) bond motifs is 1. The van der Waals surface area contributed by atoms with Crippen molar-refractivity contribution in [3.8, 4) is 0 Å². The molecule has 2 rings (SSSR count). The maximum absolute atomic E-state index is 13.1. The summed E-state index contributed by atoms with van der Waals surface area (Å²) < 4.78 is 40.2. The maximum Gasteiger partial charge on any atom is 0.449 e. The Hall–Kier alpha value is -1.70. The Bertz CT molecular complexity index is 667. The zero-order valence-corrected chi connectivity index (χ0v) is 12.0. The summed E-state index contributed by atoms with van der Waals surface area (Å²) in [5.41, 5.74) is -0.0931. The topological polar surface area (TPSA) is 55.1 Å². The number of thioether (sulfide) groups is 1. The molecule has 1 aromatic carbocycles. The minimum atomic E-state index is -4.62. The molecule has 2 aromatic rings. The van der Waals surface area contributed by atoms with Crippen molar-refractivity contribution < 1.29 is 23.1 Å². The number of hydrogen-bond acceptors (Lipinski definition) is 3. The molecule has 0 fully saturated rings. The van der Waals surface area contributed by atoms with Gasteiger partial charge in [0.05, 0.1) is 16.6 Å². The van der Waals surface area contributed by atoms with Gasteiger partial charge in [0.25, 0.3) is 0 Å². The number of imidazole rings is 1. The van der Waals surface area contributed by atoms with Crippen molar-refractivity contribution in [2.24, 2.45) is 0 Å². The molecule has 0 aliphatic carbocycles. The molecule has 0 aliphatic heterocycles. The normalized spacial score (nSPS) is 12.0. The lowest BCUT2D eigenvalue weighted by Gasteiger charge is -2.12. The van der Waals surface area contributed by atoms with Gasteiger partial charge >= 0.3 is 12.1 Å². The first kappa shape index (κ1) is 15.7. The van der Waals surface area contributed by atoms with E-state index in [1.54, 1.807) is 0 Å². The van der Waals surface area contributed by atoms with Crippen molar-refractivity contribution in [1.29, 1.82) is 0 Å². The van der Waals surface area contributed by atoms with Gasteiger partial charge in [0, 0.05) is 6.54 Å². The Morgan fingerprint density at radius 1 is 1.43 bits per heavy atom. The highest BCUT2D eigenvalue weighted by Crippen LogP contribution is 2.33. The number of rotatable bonds is 5. The van der Waals surface area contributed by atoms with E-state index in [4.69, 9.17) is 5.11 Å². The predicted molar refractivity (Wildman–Crippen MR) is 74.7 cm³/mol. The van der Waals surface area contributed by atoms with Crippen molar-refractivity contribution >= 4 is 28.8 Å². The van der Waals surface area contributed by atoms with Gasteiger partial charge in [-0.1, -0.05) is 6.07 Å². The number of nitrogens with zero attached hydrogens (tertiary/aromatic N) is 2. The molecule has 1 heterocycles. The third kappa shape index (κ3) is 3.15. The standard InChI is InChI=1S/C13H13F3N2O2S/c1-21-7-3-6-18-10-8(11(19)20)4-2-5-9(10)17-12(18)13(14,15)16/h2,4-5H,3,6-7H2,1H3,(H,19,20). The molecule has 21 heavy (non-hydrogen) atoms. The van der Waals surface area contributed by atoms with Crippen LogP contribution in [0.2, 0.25) is 0 Å². The number of benzene rings is 1. The van der Waals surface area contributed by atoms with Crippen molar-refractivity contribution in [3.63, 3.8) is 0 Å². The summed E-state index contributed by atoms with van der Waals surface area (Å²) in [6, 6.07) is 4.07. The molecule has 8 heteroatoms. The highest BCUT2D eigenvalue weighted by Gasteiger charge is 2.38. The first-order valence-corrected chi connectivity index (χ1v) is 7.54. The highest BCUT2D eigenvalue weighted by molar-refractivity contribution is 7.98. The Morgan fingerprint density at radius 2 is 2.14 bits per heavy atom. The van der Waals surface area contributed by atoms with Crippen LogP contribution in [0.5, 0.6) is 0 Å². The van der Waals surface area contributed by atoms with E-state index >= 15 is 0 Å². The number of carboxylic acids is 1. The molecule has 0 saturated carbocycles. The molecule has 0 radical (unpaired) electrons. The van der Waals surface area contributed by atoms with Gasteiger partial charge in [0.1, 0.15) is 0 Å². The van der Waals surface area contributed by atoms with Gasteiger partial charge in [0.15, 0.2) is 0 Å². The molecule has 114 valence electrons. The number of aromatic carboxylic acids is 1. The second-order valence-corrected chi connectivity index (χ2v) is 5.40. The second-order valence-electron chi connectivity index (χ2n) is 4.41. The number of para-hydroxylation sites is 1. The molecule has 0 unspecified atom stereocenters. The molecule has 0 atom stereocenters. The molecule has 1 aromatic heterocycles. The van der Waals surface area contributed by atoms with E-state index in [2.05, 4.69) is 4.98 Å². The first-order chi connectivity index (χ1) is 9.86. The molecule has 0 spiro atoms. The van der Waals surface area contributed by atoms with Crippen molar-refractivity contribution in [3.05, 3.63) is 29.6 Å². The molecule has 0 bridgehead atoms. The number of aromatic nitrogens is 2. The average molecular weight is 318 g/mol. The second kappa shape index (κ2) is 5.97. The fourth-order valence-electron chi connectivity index (χ4n) is 2.16. The van der Waals surface area contributed by atoms with E-state index in [1.807, 2.05) is 6.26 Å². The van der Waals surface area contributed by atoms with Crippen LogP contribution in [0.4, 0.5) is 13.2 Å². The van der Waals surface area contributed by atoms with E-state index in [1.165, 1.54) is 30.0 Å². The maximum atomic E-state index is 13.1. The summed E-state index contributed by atoms with van der Waals surface area (Å²) in [6.45, 7) is 0.0798. The predicted octanol–water partition coefficient (Wildman–Crippen LogP) is 3.51. The SMILES string of the molecule is CSCCCn1c(C(F)(F)F)nc2cccc(C(=O)O)c21. The van der Waals surface area contributed by atoms with E-state index < -0.39 is 18.0 Å². The van der Waals surface area contributed by atoms with Gasteiger partial charge in [-0.3, -0.25) is 0 Å². The quantitative estimate of drug-likeness (QED) is 0.857. The van der Waals surface area contributed by atoms with Crippen LogP contribution in [-0.2, 0) is 12.7 Å². The Labute approximate surface area is 123 Å². The van der Waals surface area contributed by atoms with Gasteiger partial charge in [-0.05, 0) is 30.6 Å². The number of carbonyl (C=O) groups is 1. The van der Waals surface area contributed by atoms with E-state index in [9.17, 15) is 18.0 Å². The lowest BCUT2D eigenvalue weighted by molar-refractivity contribution is -0.146. The fourth-order valence-corrected chi connectivity index (χ4v) is 2.58. The molecule has 0 aliphatic rings. The summed E-state index contributed by atoms with van der Waals surface area (Å²) in [7, 11) is 0. The van der Waals surface area contributed by atoms with Crippen LogP contribution in [-0.4, -0.2) is 32.6 Å². The molecule has 4 nitrogen and oxygen atoms in total. The highest BCUT2D eigenvalue weighted by atomic mass is 32.2. The monoisotopic (exact) mass is 318 g/mol. The summed E-state index contributed by atoms with van der Waals surface area (Å²) in [5, 5.41) is 9.16. The molecular formula is C13H13F3N2O2S. The van der Waals surface area contributed by atoms with Crippen LogP contribution in [0.3, 0.4) is 0 Å². The first-order valence-electron chi connectivity index (χ1n) is 6.15. The van der Waals surface area contributed by atoms with Gasteiger partial charge in [-0.25, -0.2) is 9.78 Å². The van der Waals surface area contributed by atoms with Crippen LogP contribution in [0, 0.1) is 0 Å². The summed E-state index contributed by atoms with van der Waals surface area (Å²) in [5.74, 6) is -1.63. The summed E-state index contributed by atoms with van der Waals surface area (Å²) in [6.07, 6.45) is -2.25. The minimum Gasteiger partial charge on any atom is -0.478 e. The summed E-state index contributed by atoms with van der Waals surface area (Å²) >= 11 is 1.52. The number of hydrogen-bond donors (Lipinski definition) is 1. The summed E-state index contributed by atoms with van der Waals surface area (Å²) in [4.78, 5) is 14.8. The van der Waals surface area contributed by atoms with Crippen molar-refractivity contribution in [1.82, 2.24) is 9.55 Å². The smallest absolute Gasteiger partial charge is 0.449 e. The number of aryl methyl sites for hydroxylation is 1. The van der Waals surface area contributed by atoms with Crippen LogP contribution >= 0.6 is 11.8 Å². The molecular weight excluding hydrogens is 305 g/mol. The van der Waals surface area contributed by atoms with Crippen LogP contribution in [0.1, 0.15) is 22.6 Å². The largest absolute Gasteiger partial charge is 0.478 e. The van der Waals surface area contributed by atoms with Gasteiger partial charge in [-0.15, -0.1) is 0 Å². The average Bonchev–Trinajstić information content (AvgIpc) is 2.78. The lowest BCUT2D eigenvalue weighted by Crippen LogP contribution is -2.16. The van der Waals surface area contributed by atoms with Crippen molar-refractivity contribution in [2.45, 2.75) is 19.1 Å². The van der Waals surface area contributed by atoms with Crippen LogP contribution < -0.4 is 0 Å². The van der Waals surface area contributed by atoms with Gasteiger partial charge in [-0.2, -0.15) is 24.9 Å². The third-order valence-corrected chi connectivity index (χ3v) is 3.68. The molecule has 0 saturated heterocycles. The van der Waals surface area contributed by atoms with Crippen molar-refractivity contribution in [2.75, 3.05) is 12.0 Å². The van der Waals surface area contributed by atoms with Crippen LogP contribution in [0.15, 0.2) is 18.2 Å². The zero-order valence-electron chi connectivity index (χ0n) is 11.1. The Kier molecular flexibility index (Phi) is 4.46. The van der Waals surface area contributed by atoms with E-state index in [0.29, 0.717) is 12.2 Å². The van der Waals surface area contributed by atoms with Gasteiger partial charge < -0.3 is 9.67 Å². The molecule has 0 amide bonds. The Balaban J connectivity index is 2.65. The number of carboxylic acid groups (broad SMARTS) is 1. The third-order valence-electron chi connectivity index (χ3n) is 2.98. The van der Waals surface area contributed by atoms with E-state index in [0.717, 1.165) is 4.57 Å². The number of halogens is 3. The van der Waals surface area contributed by atoms with Crippen LogP contribution in [0.25, 0.3) is 11.0 Å². The minimum absolute atomic E-state index is 0.0263. The van der Waals surface area contributed by atoms with Gasteiger partial charge in [0.2, 0.25) is 5.82 Å².